The number of methoxy groups -OCH3 is 1. The first-order valence-electron chi connectivity index (χ1n) is 10.9. The summed E-state index contributed by atoms with van der Waals surface area (Å²) >= 11 is 0. The minimum absolute atomic E-state index is 0.397. The van der Waals surface area contributed by atoms with E-state index in [9.17, 15) is 0 Å². The van der Waals surface area contributed by atoms with Gasteiger partial charge in [0.25, 0.3) is 0 Å². The molecule has 1 aliphatic rings. The summed E-state index contributed by atoms with van der Waals surface area (Å²) < 4.78 is 11.1. The lowest BCUT2D eigenvalue weighted by Gasteiger charge is -2.32. The van der Waals surface area contributed by atoms with E-state index in [4.69, 9.17) is 9.47 Å². The van der Waals surface area contributed by atoms with Gasteiger partial charge < -0.3 is 14.8 Å². The summed E-state index contributed by atoms with van der Waals surface area (Å²) in [6.45, 7) is 5.61. The second-order valence-corrected chi connectivity index (χ2v) is 7.77. The van der Waals surface area contributed by atoms with Crippen LogP contribution in [0.25, 0.3) is 11.1 Å². The maximum Gasteiger partial charge on any atom is 0.222 e. The van der Waals surface area contributed by atoms with Crippen molar-refractivity contribution >= 4 is 5.95 Å². The van der Waals surface area contributed by atoms with Crippen LogP contribution >= 0.6 is 0 Å². The van der Waals surface area contributed by atoms with E-state index < -0.39 is 0 Å². The third-order valence-electron chi connectivity index (χ3n) is 5.61. The van der Waals surface area contributed by atoms with Crippen molar-refractivity contribution in [1.29, 1.82) is 0 Å². The molecule has 0 unspecified atom stereocenters. The SMILES string of the molecule is CCOc1cc(CN2CCC(Nc3ncc(-c4ccccc4)cn3)CC2)ccc1OC. The van der Waals surface area contributed by atoms with E-state index in [1.165, 1.54) is 5.56 Å². The van der Waals surface area contributed by atoms with Crippen molar-refractivity contribution in [3.63, 3.8) is 0 Å². The number of anilines is 1. The zero-order valence-electron chi connectivity index (χ0n) is 18.3. The van der Waals surface area contributed by atoms with Crippen LogP contribution < -0.4 is 14.8 Å². The van der Waals surface area contributed by atoms with Gasteiger partial charge in [-0.3, -0.25) is 4.90 Å². The van der Waals surface area contributed by atoms with Crippen molar-refractivity contribution in [1.82, 2.24) is 14.9 Å². The third kappa shape index (κ3) is 5.52. The predicted octanol–water partition coefficient (Wildman–Crippen LogP) is 4.63. The predicted molar refractivity (Wildman–Crippen MR) is 124 cm³/mol. The fraction of sp³-hybridized carbons (Fsp3) is 0.360. The number of likely N-dealkylation sites (tertiary alicyclic amines) is 1. The summed E-state index contributed by atoms with van der Waals surface area (Å²) in [4.78, 5) is 11.5. The quantitative estimate of drug-likeness (QED) is 0.576. The first-order valence-corrected chi connectivity index (χ1v) is 10.9. The van der Waals surface area contributed by atoms with Crippen molar-refractivity contribution in [2.45, 2.75) is 32.4 Å². The van der Waals surface area contributed by atoms with Crippen LogP contribution in [0.5, 0.6) is 11.5 Å². The maximum absolute atomic E-state index is 5.71. The van der Waals surface area contributed by atoms with Crippen molar-refractivity contribution < 1.29 is 9.47 Å². The van der Waals surface area contributed by atoms with Gasteiger partial charge in [-0.15, -0.1) is 0 Å². The number of ether oxygens (including phenoxy) is 2. The largest absolute Gasteiger partial charge is 0.493 e. The zero-order valence-corrected chi connectivity index (χ0v) is 18.3. The summed E-state index contributed by atoms with van der Waals surface area (Å²) in [7, 11) is 1.67. The molecule has 1 aliphatic heterocycles. The van der Waals surface area contributed by atoms with Gasteiger partial charge in [-0.1, -0.05) is 36.4 Å². The number of benzene rings is 2. The van der Waals surface area contributed by atoms with Crippen LogP contribution in [-0.2, 0) is 6.54 Å². The summed E-state index contributed by atoms with van der Waals surface area (Å²) in [6, 6.07) is 16.8. The summed E-state index contributed by atoms with van der Waals surface area (Å²) in [6.07, 6.45) is 5.91. The Hall–Kier alpha value is -3.12. The number of nitrogens with zero attached hydrogens (tertiary/aromatic N) is 3. The zero-order chi connectivity index (χ0) is 21.5. The van der Waals surface area contributed by atoms with Gasteiger partial charge in [0.2, 0.25) is 5.95 Å². The average Bonchev–Trinajstić information content (AvgIpc) is 2.82. The van der Waals surface area contributed by atoms with E-state index in [-0.39, 0.29) is 0 Å². The minimum Gasteiger partial charge on any atom is -0.493 e. The summed E-state index contributed by atoms with van der Waals surface area (Å²) in [5, 5.41) is 3.50. The van der Waals surface area contributed by atoms with E-state index in [1.54, 1.807) is 7.11 Å². The molecular formula is C25H30N4O2. The number of piperidine rings is 1. The molecule has 0 amide bonds. The lowest BCUT2D eigenvalue weighted by Crippen LogP contribution is -2.38. The van der Waals surface area contributed by atoms with Crippen molar-refractivity contribution in [3.8, 4) is 22.6 Å². The number of rotatable bonds is 8. The molecule has 1 saturated heterocycles. The third-order valence-corrected chi connectivity index (χ3v) is 5.61. The number of nitrogens with one attached hydrogen (secondary N) is 1. The highest BCUT2D eigenvalue weighted by Gasteiger charge is 2.20. The van der Waals surface area contributed by atoms with Crippen LogP contribution in [0.1, 0.15) is 25.3 Å². The molecule has 1 aromatic heterocycles. The van der Waals surface area contributed by atoms with E-state index in [1.807, 2.05) is 43.6 Å². The van der Waals surface area contributed by atoms with Crippen molar-refractivity contribution in [2.24, 2.45) is 0 Å². The molecule has 1 fully saturated rings. The molecule has 0 saturated carbocycles. The van der Waals surface area contributed by atoms with Gasteiger partial charge in [-0.25, -0.2) is 9.97 Å². The Morgan fingerprint density at radius 1 is 0.968 bits per heavy atom. The Morgan fingerprint density at radius 2 is 1.71 bits per heavy atom. The Morgan fingerprint density at radius 3 is 2.39 bits per heavy atom. The number of hydrogen-bond acceptors (Lipinski definition) is 6. The lowest BCUT2D eigenvalue weighted by molar-refractivity contribution is 0.210. The Kier molecular flexibility index (Phi) is 6.99. The average molecular weight is 419 g/mol. The van der Waals surface area contributed by atoms with Gasteiger partial charge in [-0.05, 0) is 43.0 Å². The molecule has 3 aromatic rings. The molecule has 1 N–H and O–H groups in total. The van der Waals surface area contributed by atoms with Crippen LogP contribution in [0, 0.1) is 0 Å². The minimum atomic E-state index is 0.397. The van der Waals surface area contributed by atoms with Crippen LogP contribution in [0.2, 0.25) is 0 Å². The van der Waals surface area contributed by atoms with Crippen molar-refractivity contribution in [3.05, 3.63) is 66.5 Å². The maximum atomic E-state index is 5.71. The molecule has 0 aliphatic carbocycles. The van der Waals surface area contributed by atoms with Crippen LogP contribution in [-0.4, -0.2) is 47.7 Å². The summed E-state index contributed by atoms with van der Waals surface area (Å²) in [5.41, 5.74) is 3.41. The van der Waals surface area contributed by atoms with Gasteiger partial charge in [0.15, 0.2) is 11.5 Å². The van der Waals surface area contributed by atoms with E-state index in [0.717, 1.165) is 55.1 Å². The standard InChI is InChI=1S/C25H30N4O2/c1-3-31-24-15-19(9-10-23(24)30-2)18-29-13-11-22(12-14-29)28-25-26-16-21(17-27-25)20-7-5-4-6-8-20/h4-10,15-17,22H,3,11-14,18H2,1-2H3,(H,26,27,28). The van der Waals surface area contributed by atoms with Gasteiger partial charge >= 0.3 is 0 Å². The Balaban J connectivity index is 1.28. The Bertz CT molecular complexity index is 955. The van der Waals surface area contributed by atoms with Crippen LogP contribution in [0.15, 0.2) is 60.9 Å². The second kappa shape index (κ2) is 10.3. The smallest absolute Gasteiger partial charge is 0.222 e. The fourth-order valence-electron chi connectivity index (χ4n) is 3.95. The summed E-state index contributed by atoms with van der Waals surface area (Å²) in [5.74, 6) is 2.30. The molecule has 0 spiro atoms. The highest BCUT2D eigenvalue weighted by molar-refractivity contribution is 5.61. The number of aromatic nitrogens is 2. The van der Waals surface area contributed by atoms with Gasteiger partial charge in [0.05, 0.1) is 13.7 Å². The highest BCUT2D eigenvalue weighted by Crippen LogP contribution is 2.29. The van der Waals surface area contributed by atoms with Crippen LogP contribution in [0.3, 0.4) is 0 Å². The molecule has 0 bridgehead atoms. The molecule has 4 rings (SSSR count). The second-order valence-electron chi connectivity index (χ2n) is 7.77. The molecule has 6 nitrogen and oxygen atoms in total. The van der Waals surface area contributed by atoms with Gasteiger partial charge in [-0.2, -0.15) is 0 Å². The van der Waals surface area contributed by atoms with Crippen LogP contribution in [0.4, 0.5) is 5.95 Å². The molecule has 0 atom stereocenters. The van der Waals surface area contributed by atoms with E-state index in [2.05, 4.69) is 44.5 Å². The molecular weight excluding hydrogens is 388 g/mol. The Labute approximate surface area is 184 Å². The molecule has 2 heterocycles. The van der Waals surface area contributed by atoms with Gasteiger partial charge in [0, 0.05) is 43.6 Å². The lowest BCUT2D eigenvalue weighted by atomic mass is 10.0. The first-order chi connectivity index (χ1) is 15.2. The molecule has 6 heteroatoms. The fourth-order valence-corrected chi connectivity index (χ4v) is 3.95. The molecule has 162 valence electrons. The molecule has 0 radical (unpaired) electrons. The van der Waals surface area contributed by atoms with Gasteiger partial charge in [0.1, 0.15) is 0 Å². The van der Waals surface area contributed by atoms with Crippen molar-refractivity contribution in [2.75, 3.05) is 32.1 Å². The number of hydrogen-bond donors (Lipinski definition) is 1. The monoisotopic (exact) mass is 418 g/mol. The normalized spacial score (nSPS) is 14.9. The van der Waals surface area contributed by atoms with E-state index in [0.29, 0.717) is 18.6 Å². The van der Waals surface area contributed by atoms with E-state index >= 15 is 0 Å². The molecule has 31 heavy (non-hydrogen) atoms. The first kappa shape index (κ1) is 21.1. The highest BCUT2D eigenvalue weighted by atomic mass is 16.5. The molecule has 2 aromatic carbocycles. The topological polar surface area (TPSA) is 59.5 Å².